The van der Waals surface area contributed by atoms with Crippen molar-refractivity contribution in [1.82, 2.24) is 0 Å². The predicted molar refractivity (Wildman–Crippen MR) is 68.6 cm³/mol. The Morgan fingerprint density at radius 1 is 1.10 bits per heavy atom. The van der Waals surface area contributed by atoms with Crippen molar-refractivity contribution < 1.29 is 27.4 Å². The number of benzene rings is 2. The van der Waals surface area contributed by atoms with E-state index in [1.807, 2.05) is 0 Å². The van der Waals surface area contributed by atoms with E-state index in [9.17, 15) is 18.0 Å². The summed E-state index contributed by atoms with van der Waals surface area (Å²) in [6.45, 7) is -3.09. The Kier molecular flexibility index (Phi) is 4.81. The van der Waals surface area contributed by atoms with Crippen molar-refractivity contribution in [2.24, 2.45) is 0 Å². The lowest BCUT2D eigenvalue weighted by atomic mass is 10.2. The van der Waals surface area contributed by atoms with Crippen LogP contribution in [0.15, 0.2) is 48.5 Å². The molecule has 3 nitrogen and oxygen atoms in total. The maximum absolute atomic E-state index is 13.5. The van der Waals surface area contributed by atoms with Gasteiger partial charge in [0, 0.05) is 0 Å². The molecule has 0 bridgehead atoms. The third-order valence-electron chi connectivity index (χ3n) is 2.60. The first-order valence-electron chi connectivity index (χ1n) is 6.01. The van der Waals surface area contributed by atoms with Gasteiger partial charge in [0.05, 0.1) is 5.56 Å². The molecular formula is C15H11F3O3. The SMILES string of the molecule is O=C(OCc1ccccc1)c1cc(OC(F)F)ccc1F. The van der Waals surface area contributed by atoms with E-state index in [1.54, 1.807) is 30.3 Å². The standard InChI is InChI=1S/C15H11F3O3/c16-13-7-6-11(21-15(17)18)8-12(13)14(19)20-9-10-4-2-1-3-5-10/h1-8,15H,9H2. The summed E-state index contributed by atoms with van der Waals surface area (Å²) in [7, 11) is 0. The number of esters is 1. The maximum atomic E-state index is 13.5. The zero-order chi connectivity index (χ0) is 15.2. The fourth-order valence-corrected chi connectivity index (χ4v) is 1.64. The molecular weight excluding hydrogens is 285 g/mol. The molecule has 0 amide bonds. The van der Waals surface area contributed by atoms with Crippen LogP contribution in [0, 0.1) is 5.82 Å². The molecule has 0 heterocycles. The molecule has 21 heavy (non-hydrogen) atoms. The van der Waals surface area contributed by atoms with Crippen LogP contribution in [0.25, 0.3) is 0 Å². The molecule has 0 unspecified atom stereocenters. The Bertz CT molecular complexity index is 615. The highest BCUT2D eigenvalue weighted by Crippen LogP contribution is 2.20. The Labute approximate surface area is 118 Å². The third-order valence-corrected chi connectivity index (χ3v) is 2.60. The van der Waals surface area contributed by atoms with Crippen LogP contribution in [0.5, 0.6) is 5.75 Å². The molecule has 0 saturated carbocycles. The lowest BCUT2D eigenvalue weighted by molar-refractivity contribution is -0.0499. The lowest BCUT2D eigenvalue weighted by Crippen LogP contribution is -2.09. The van der Waals surface area contributed by atoms with Crippen molar-refractivity contribution in [2.75, 3.05) is 0 Å². The van der Waals surface area contributed by atoms with Crippen molar-refractivity contribution in [3.05, 3.63) is 65.5 Å². The van der Waals surface area contributed by atoms with Crippen molar-refractivity contribution >= 4 is 5.97 Å². The minimum absolute atomic E-state index is 0.0426. The summed E-state index contributed by atoms with van der Waals surface area (Å²) < 4.78 is 46.8. The van der Waals surface area contributed by atoms with E-state index in [0.717, 1.165) is 23.8 Å². The van der Waals surface area contributed by atoms with Gasteiger partial charge in [-0.15, -0.1) is 0 Å². The number of hydrogen-bond acceptors (Lipinski definition) is 3. The second-order valence-electron chi connectivity index (χ2n) is 4.08. The topological polar surface area (TPSA) is 35.5 Å². The smallest absolute Gasteiger partial charge is 0.387 e. The zero-order valence-corrected chi connectivity index (χ0v) is 10.8. The number of alkyl halides is 2. The second kappa shape index (κ2) is 6.78. The van der Waals surface area contributed by atoms with E-state index >= 15 is 0 Å². The largest absolute Gasteiger partial charge is 0.457 e. The molecule has 2 rings (SSSR count). The van der Waals surface area contributed by atoms with Crippen molar-refractivity contribution in [3.8, 4) is 5.75 Å². The first-order chi connectivity index (χ1) is 10.1. The molecule has 0 aromatic heterocycles. The molecule has 2 aromatic rings. The van der Waals surface area contributed by atoms with Crippen LogP contribution in [0.2, 0.25) is 0 Å². The van der Waals surface area contributed by atoms with Gasteiger partial charge in [-0.3, -0.25) is 0 Å². The van der Waals surface area contributed by atoms with Crippen LogP contribution in [-0.2, 0) is 11.3 Å². The Hall–Kier alpha value is -2.50. The first-order valence-corrected chi connectivity index (χ1v) is 6.01. The van der Waals surface area contributed by atoms with Gasteiger partial charge in [-0.2, -0.15) is 8.78 Å². The van der Waals surface area contributed by atoms with Crippen LogP contribution in [0.4, 0.5) is 13.2 Å². The lowest BCUT2D eigenvalue weighted by Gasteiger charge is -2.08. The monoisotopic (exact) mass is 296 g/mol. The number of ether oxygens (including phenoxy) is 2. The van der Waals surface area contributed by atoms with E-state index in [-0.39, 0.29) is 12.4 Å². The number of hydrogen-bond donors (Lipinski definition) is 0. The highest BCUT2D eigenvalue weighted by molar-refractivity contribution is 5.90. The summed E-state index contributed by atoms with van der Waals surface area (Å²) in [6.07, 6.45) is 0. The van der Waals surface area contributed by atoms with E-state index in [0.29, 0.717) is 0 Å². The van der Waals surface area contributed by atoms with Gasteiger partial charge in [0.15, 0.2) is 0 Å². The van der Waals surface area contributed by atoms with Gasteiger partial charge < -0.3 is 9.47 Å². The van der Waals surface area contributed by atoms with Gasteiger partial charge in [-0.25, -0.2) is 9.18 Å². The van der Waals surface area contributed by atoms with Crippen molar-refractivity contribution in [2.45, 2.75) is 13.2 Å². The van der Waals surface area contributed by atoms with Crippen LogP contribution in [0.3, 0.4) is 0 Å². The molecule has 0 aliphatic heterocycles. The van der Waals surface area contributed by atoms with Crippen LogP contribution < -0.4 is 4.74 Å². The van der Waals surface area contributed by atoms with Crippen LogP contribution in [-0.4, -0.2) is 12.6 Å². The Morgan fingerprint density at radius 2 is 1.81 bits per heavy atom. The van der Waals surface area contributed by atoms with Gasteiger partial charge in [0.2, 0.25) is 0 Å². The molecule has 0 fully saturated rings. The average molecular weight is 296 g/mol. The summed E-state index contributed by atoms with van der Waals surface area (Å²) in [6, 6.07) is 11.6. The first kappa shape index (κ1) is 14.9. The normalized spacial score (nSPS) is 10.5. The number of halogens is 3. The maximum Gasteiger partial charge on any atom is 0.387 e. The van der Waals surface area contributed by atoms with Crippen molar-refractivity contribution in [1.29, 1.82) is 0 Å². The Balaban J connectivity index is 2.07. The Morgan fingerprint density at radius 3 is 2.48 bits per heavy atom. The molecule has 0 atom stereocenters. The minimum atomic E-state index is -3.05. The molecule has 0 radical (unpaired) electrons. The highest BCUT2D eigenvalue weighted by atomic mass is 19.3. The summed E-state index contributed by atoms with van der Waals surface area (Å²) >= 11 is 0. The summed E-state index contributed by atoms with van der Waals surface area (Å²) in [5.41, 5.74) is 0.273. The van der Waals surface area contributed by atoms with Gasteiger partial charge in [-0.05, 0) is 23.8 Å². The van der Waals surface area contributed by atoms with E-state index in [1.165, 1.54) is 0 Å². The van der Waals surface area contributed by atoms with Crippen LogP contribution in [0.1, 0.15) is 15.9 Å². The third kappa shape index (κ3) is 4.24. The van der Waals surface area contributed by atoms with Gasteiger partial charge >= 0.3 is 12.6 Å². The molecule has 6 heteroatoms. The predicted octanol–water partition coefficient (Wildman–Crippen LogP) is 3.78. The highest BCUT2D eigenvalue weighted by Gasteiger charge is 2.16. The number of carbonyl (C=O) groups is 1. The number of carbonyl (C=O) groups excluding carboxylic acids is 1. The quantitative estimate of drug-likeness (QED) is 0.788. The number of rotatable bonds is 5. The fraction of sp³-hybridized carbons (Fsp3) is 0.133. The minimum Gasteiger partial charge on any atom is -0.457 e. The summed E-state index contributed by atoms with van der Waals surface area (Å²) in [4.78, 5) is 11.8. The molecule has 110 valence electrons. The average Bonchev–Trinajstić information content (AvgIpc) is 2.47. The second-order valence-corrected chi connectivity index (χ2v) is 4.08. The molecule has 2 aromatic carbocycles. The zero-order valence-electron chi connectivity index (χ0n) is 10.8. The van der Waals surface area contributed by atoms with Gasteiger partial charge in [-0.1, -0.05) is 30.3 Å². The van der Waals surface area contributed by atoms with E-state index in [4.69, 9.17) is 4.74 Å². The van der Waals surface area contributed by atoms with Gasteiger partial charge in [0.25, 0.3) is 0 Å². The summed E-state index contributed by atoms with van der Waals surface area (Å²) in [5.74, 6) is -2.12. The molecule has 0 aliphatic rings. The molecule has 0 aliphatic carbocycles. The van der Waals surface area contributed by atoms with Crippen LogP contribution >= 0.6 is 0 Å². The van der Waals surface area contributed by atoms with E-state index < -0.39 is 24.0 Å². The fourth-order valence-electron chi connectivity index (χ4n) is 1.64. The molecule has 0 saturated heterocycles. The van der Waals surface area contributed by atoms with E-state index in [2.05, 4.69) is 4.74 Å². The molecule has 0 N–H and O–H groups in total. The molecule has 0 spiro atoms. The van der Waals surface area contributed by atoms with Gasteiger partial charge in [0.1, 0.15) is 18.2 Å². The summed E-state index contributed by atoms with van der Waals surface area (Å²) in [5, 5.41) is 0. The van der Waals surface area contributed by atoms with Crippen molar-refractivity contribution in [3.63, 3.8) is 0 Å².